The second kappa shape index (κ2) is 5.59. The van der Waals surface area contributed by atoms with Crippen LogP contribution in [-0.4, -0.2) is 4.57 Å². The molecule has 1 unspecified atom stereocenters. The highest BCUT2D eigenvalue weighted by Crippen LogP contribution is 2.26. The summed E-state index contributed by atoms with van der Waals surface area (Å²) in [6, 6.07) is 5.51. The molecule has 18 heavy (non-hydrogen) atoms. The predicted octanol–water partition coefficient (Wildman–Crippen LogP) is 3.76. The molecule has 0 fully saturated rings. The Labute approximate surface area is 115 Å². The number of hydrogen-bond donors (Lipinski definition) is 1. The fraction of sp³-hybridized carbons (Fsp3) is 0.308. The van der Waals surface area contributed by atoms with Crippen molar-refractivity contribution in [1.82, 2.24) is 4.57 Å². The molecular weight excluding hydrogens is 268 g/mol. The average Bonchev–Trinajstić information content (AvgIpc) is 2.78. The molecule has 0 aliphatic heterocycles. The molecule has 3 nitrogen and oxygen atoms in total. The van der Waals surface area contributed by atoms with Gasteiger partial charge >= 0.3 is 0 Å². The van der Waals surface area contributed by atoms with Crippen LogP contribution in [0.5, 0.6) is 0 Å². The molecule has 0 aliphatic carbocycles. The van der Waals surface area contributed by atoms with Crippen molar-refractivity contribution in [2.45, 2.75) is 26.4 Å². The number of aryl methyl sites for hydroxylation is 1. The van der Waals surface area contributed by atoms with Gasteiger partial charge in [-0.3, -0.25) is 4.79 Å². The average molecular weight is 283 g/mol. The van der Waals surface area contributed by atoms with E-state index in [0.717, 1.165) is 15.6 Å². The van der Waals surface area contributed by atoms with E-state index in [-0.39, 0.29) is 11.6 Å². The summed E-state index contributed by atoms with van der Waals surface area (Å²) >= 11 is 7.44. The third-order valence-electron chi connectivity index (χ3n) is 2.80. The predicted molar refractivity (Wildman–Crippen MR) is 77.7 cm³/mol. The van der Waals surface area contributed by atoms with Gasteiger partial charge in [0.2, 0.25) is 0 Å². The number of hydrogen-bond acceptors (Lipinski definition) is 3. The summed E-state index contributed by atoms with van der Waals surface area (Å²) in [5.74, 6) is 0. The standard InChI is InChI=1S/C13H15ClN2OS/c1-3-16-7-11(4-5-13(16)17)15-9(2)10-6-12(14)18-8-10/h4-9,15H,3H2,1-2H3. The first-order chi connectivity index (χ1) is 8.60. The van der Waals surface area contributed by atoms with Gasteiger partial charge in [0.15, 0.2) is 0 Å². The SMILES string of the molecule is CCn1cc(NC(C)c2csc(Cl)c2)ccc1=O. The summed E-state index contributed by atoms with van der Waals surface area (Å²) in [5, 5.41) is 5.40. The quantitative estimate of drug-likeness (QED) is 0.926. The van der Waals surface area contributed by atoms with Crippen molar-refractivity contribution >= 4 is 28.6 Å². The van der Waals surface area contributed by atoms with Gasteiger partial charge in [0.25, 0.3) is 5.56 Å². The van der Waals surface area contributed by atoms with Gasteiger partial charge in [0.1, 0.15) is 0 Å². The first kappa shape index (κ1) is 13.2. The third kappa shape index (κ3) is 2.94. The fourth-order valence-electron chi connectivity index (χ4n) is 1.75. The van der Waals surface area contributed by atoms with Gasteiger partial charge in [-0.2, -0.15) is 0 Å². The topological polar surface area (TPSA) is 34.0 Å². The molecule has 0 amide bonds. The lowest BCUT2D eigenvalue weighted by molar-refractivity contribution is 0.725. The number of nitrogens with one attached hydrogen (secondary N) is 1. The minimum absolute atomic E-state index is 0.0225. The summed E-state index contributed by atoms with van der Waals surface area (Å²) in [6.45, 7) is 4.69. The van der Waals surface area contributed by atoms with Crippen molar-refractivity contribution in [2.75, 3.05) is 5.32 Å². The normalized spacial score (nSPS) is 12.4. The smallest absolute Gasteiger partial charge is 0.250 e. The van der Waals surface area contributed by atoms with Crippen molar-refractivity contribution in [3.63, 3.8) is 0 Å². The summed E-state index contributed by atoms with van der Waals surface area (Å²) in [6.07, 6.45) is 1.84. The van der Waals surface area contributed by atoms with Crippen molar-refractivity contribution in [3.8, 4) is 0 Å². The monoisotopic (exact) mass is 282 g/mol. The molecule has 1 N–H and O–H groups in total. The molecule has 0 bridgehead atoms. The van der Waals surface area contributed by atoms with E-state index in [1.54, 1.807) is 16.7 Å². The van der Waals surface area contributed by atoms with Crippen molar-refractivity contribution in [1.29, 1.82) is 0 Å². The van der Waals surface area contributed by atoms with Crippen LogP contribution < -0.4 is 10.9 Å². The number of thiophene rings is 1. The Morgan fingerprint density at radius 1 is 1.50 bits per heavy atom. The molecule has 0 saturated carbocycles. The Hall–Kier alpha value is -1.26. The number of halogens is 1. The zero-order valence-corrected chi connectivity index (χ0v) is 11.9. The Kier molecular flexibility index (Phi) is 4.09. The zero-order valence-electron chi connectivity index (χ0n) is 10.3. The highest BCUT2D eigenvalue weighted by atomic mass is 35.5. The highest BCUT2D eigenvalue weighted by molar-refractivity contribution is 7.14. The summed E-state index contributed by atoms with van der Waals surface area (Å²) in [7, 11) is 0. The summed E-state index contributed by atoms with van der Waals surface area (Å²) in [4.78, 5) is 11.5. The van der Waals surface area contributed by atoms with Crippen LogP contribution in [0.4, 0.5) is 5.69 Å². The van der Waals surface area contributed by atoms with Crippen LogP contribution in [0.2, 0.25) is 4.34 Å². The first-order valence-electron chi connectivity index (χ1n) is 5.81. The van der Waals surface area contributed by atoms with Crippen LogP contribution in [0.1, 0.15) is 25.5 Å². The van der Waals surface area contributed by atoms with Crippen LogP contribution in [0, 0.1) is 0 Å². The minimum atomic E-state index is 0.0225. The van der Waals surface area contributed by atoms with Gasteiger partial charge in [-0.25, -0.2) is 0 Å². The van der Waals surface area contributed by atoms with E-state index in [1.807, 2.05) is 24.6 Å². The summed E-state index contributed by atoms with van der Waals surface area (Å²) in [5.41, 5.74) is 2.11. The lowest BCUT2D eigenvalue weighted by Crippen LogP contribution is -2.18. The number of rotatable bonds is 4. The van der Waals surface area contributed by atoms with Gasteiger partial charge in [-0.05, 0) is 36.9 Å². The molecule has 96 valence electrons. The maximum Gasteiger partial charge on any atom is 0.250 e. The number of pyridine rings is 1. The second-order valence-corrected chi connectivity index (χ2v) is 5.63. The number of nitrogens with zero attached hydrogens (tertiary/aromatic N) is 1. The van der Waals surface area contributed by atoms with Crippen LogP contribution in [0.3, 0.4) is 0 Å². The number of anilines is 1. The molecule has 1 atom stereocenters. The second-order valence-electron chi connectivity index (χ2n) is 4.09. The lowest BCUT2D eigenvalue weighted by atomic mass is 10.2. The van der Waals surface area contributed by atoms with Crippen LogP contribution in [-0.2, 0) is 6.54 Å². The molecule has 2 rings (SSSR count). The maximum absolute atomic E-state index is 11.5. The molecule has 0 saturated heterocycles. The highest BCUT2D eigenvalue weighted by Gasteiger charge is 2.08. The molecule has 0 aliphatic rings. The Balaban J connectivity index is 2.16. The first-order valence-corrected chi connectivity index (χ1v) is 7.07. The van der Waals surface area contributed by atoms with E-state index in [9.17, 15) is 4.79 Å². The fourth-order valence-corrected chi connectivity index (χ4v) is 2.73. The zero-order chi connectivity index (χ0) is 13.1. The van der Waals surface area contributed by atoms with Crippen molar-refractivity contribution < 1.29 is 0 Å². The molecular formula is C13H15ClN2OS. The van der Waals surface area contributed by atoms with Crippen LogP contribution in [0.15, 0.2) is 34.6 Å². The molecule has 0 radical (unpaired) electrons. The molecule has 2 aromatic rings. The summed E-state index contributed by atoms with van der Waals surface area (Å²) < 4.78 is 2.47. The van der Waals surface area contributed by atoms with Crippen LogP contribution in [0.25, 0.3) is 0 Å². The largest absolute Gasteiger partial charge is 0.377 e. The van der Waals surface area contributed by atoms with Gasteiger partial charge < -0.3 is 9.88 Å². The van der Waals surface area contributed by atoms with Crippen molar-refractivity contribution in [3.05, 3.63) is 50.0 Å². The third-order valence-corrected chi connectivity index (χ3v) is 3.90. The van der Waals surface area contributed by atoms with E-state index < -0.39 is 0 Å². The van der Waals surface area contributed by atoms with E-state index >= 15 is 0 Å². The molecule has 0 spiro atoms. The minimum Gasteiger partial charge on any atom is -0.377 e. The van der Waals surface area contributed by atoms with Gasteiger partial charge in [0.05, 0.1) is 10.0 Å². The van der Waals surface area contributed by atoms with Crippen molar-refractivity contribution in [2.24, 2.45) is 0 Å². The molecule has 2 aromatic heterocycles. The van der Waals surface area contributed by atoms with Gasteiger partial charge in [-0.1, -0.05) is 11.6 Å². The van der Waals surface area contributed by atoms with E-state index in [0.29, 0.717) is 6.54 Å². The Bertz CT molecular complexity index is 591. The van der Waals surface area contributed by atoms with Gasteiger partial charge in [0, 0.05) is 24.8 Å². The maximum atomic E-state index is 11.5. The number of aromatic nitrogens is 1. The lowest BCUT2D eigenvalue weighted by Gasteiger charge is -2.15. The Morgan fingerprint density at radius 2 is 2.28 bits per heavy atom. The van der Waals surface area contributed by atoms with Gasteiger partial charge in [-0.15, -0.1) is 11.3 Å². The van der Waals surface area contributed by atoms with E-state index in [2.05, 4.69) is 12.2 Å². The molecule has 2 heterocycles. The van der Waals surface area contributed by atoms with E-state index in [4.69, 9.17) is 11.6 Å². The molecule has 5 heteroatoms. The van der Waals surface area contributed by atoms with E-state index in [1.165, 1.54) is 11.3 Å². The van der Waals surface area contributed by atoms with Crippen LogP contribution >= 0.6 is 22.9 Å². The Morgan fingerprint density at radius 3 is 2.89 bits per heavy atom. The molecule has 0 aromatic carbocycles.